The zero-order valence-corrected chi connectivity index (χ0v) is 12.3. The molecule has 100 valence electrons. The van der Waals surface area contributed by atoms with Gasteiger partial charge in [-0.05, 0) is 50.2 Å². The van der Waals surface area contributed by atoms with Crippen LogP contribution in [-0.4, -0.2) is 18.1 Å². The Kier molecular flexibility index (Phi) is 5.35. The predicted molar refractivity (Wildman–Crippen MR) is 77.6 cm³/mol. The summed E-state index contributed by atoms with van der Waals surface area (Å²) in [6.45, 7) is 2.14. The summed E-state index contributed by atoms with van der Waals surface area (Å²) in [5, 5.41) is 0.841. The van der Waals surface area contributed by atoms with Gasteiger partial charge in [-0.3, -0.25) is 0 Å². The van der Waals surface area contributed by atoms with Crippen molar-refractivity contribution in [1.29, 1.82) is 0 Å². The van der Waals surface area contributed by atoms with Crippen LogP contribution >= 0.6 is 23.2 Å². The second kappa shape index (κ2) is 6.79. The molecule has 0 aromatic heterocycles. The third-order valence-electron chi connectivity index (χ3n) is 3.60. The average Bonchev–Trinajstić information content (AvgIpc) is 2.76. The summed E-state index contributed by atoms with van der Waals surface area (Å²) in [5.41, 5.74) is 1.19. The summed E-state index contributed by atoms with van der Waals surface area (Å²) >= 11 is 12.3. The van der Waals surface area contributed by atoms with Gasteiger partial charge in [-0.15, -0.1) is 11.6 Å². The Morgan fingerprint density at radius 1 is 1.33 bits per heavy atom. The standard InChI is InChI=1S/C15H20Cl2O/c1-11-6-7-14(18-11)9-12(10-16)8-13-4-2-3-5-15(13)17/h2-5,11-12,14H,6-10H2,1H3. The lowest BCUT2D eigenvalue weighted by molar-refractivity contribution is 0.0426. The highest BCUT2D eigenvalue weighted by Gasteiger charge is 2.25. The summed E-state index contributed by atoms with van der Waals surface area (Å²) in [6.07, 6.45) is 5.11. The molecule has 1 aromatic carbocycles. The lowest BCUT2D eigenvalue weighted by atomic mass is 9.94. The molecule has 3 heteroatoms. The quantitative estimate of drug-likeness (QED) is 0.713. The van der Waals surface area contributed by atoms with Crippen LogP contribution in [0.1, 0.15) is 31.7 Å². The molecule has 1 saturated heterocycles. The van der Waals surface area contributed by atoms with Crippen LogP contribution in [0, 0.1) is 5.92 Å². The van der Waals surface area contributed by atoms with Crippen LogP contribution < -0.4 is 0 Å². The molecular formula is C15H20Cl2O. The van der Waals surface area contributed by atoms with Gasteiger partial charge >= 0.3 is 0 Å². The Hall–Kier alpha value is -0.240. The monoisotopic (exact) mass is 286 g/mol. The first-order valence-corrected chi connectivity index (χ1v) is 7.55. The van der Waals surface area contributed by atoms with Crippen molar-refractivity contribution in [3.63, 3.8) is 0 Å². The number of rotatable bonds is 5. The Balaban J connectivity index is 1.91. The Labute approximate surface area is 119 Å². The van der Waals surface area contributed by atoms with Crippen molar-refractivity contribution < 1.29 is 4.74 Å². The van der Waals surface area contributed by atoms with E-state index in [9.17, 15) is 0 Å². The maximum Gasteiger partial charge on any atom is 0.0582 e. The van der Waals surface area contributed by atoms with Crippen molar-refractivity contribution >= 4 is 23.2 Å². The van der Waals surface area contributed by atoms with Crippen molar-refractivity contribution in [1.82, 2.24) is 0 Å². The van der Waals surface area contributed by atoms with Crippen LogP contribution in [-0.2, 0) is 11.2 Å². The van der Waals surface area contributed by atoms with Gasteiger partial charge < -0.3 is 4.74 Å². The number of ether oxygens (including phenoxy) is 1. The van der Waals surface area contributed by atoms with E-state index in [-0.39, 0.29) is 0 Å². The van der Waals surface area contributed by atoms with Crippen LogP contribution in [0.15, 0.2) is 24.3 Å². The first kappa shape index (κ1) is 14.2. The fourth-order valence-electron chi connectivity index (χ4n) is 2.61. The molecule has 1 nitrogen and oxygen atoms in total. The fourth-order valence-corrected chi connectivity index (χ4v) is 3.05. The molecule has 0 aliphatic carbocycles. The van der Waals surface area contributed by atoms with Gasteiger partial charge in [0.05, 0.1) is 12.2 Å². The van der Waals surface area contributed by atoms with E-state index in [2.05, 4.69) is 13.0 Å². The smallest absolute Gasteiger partial charge is 0.0582 e. The SMILES string of the molecule is CC1CCC(CC(CCl)Cc2ccccc2Cl)O1. The highest BCUT2D eigenvalue weighted by atomic mass is 35.5. The number of benzene rings is 1. The van der Waals surface area contributed by atoms with E-state index in [1.807, 2.05) is 18.2 Å². The minimum Gasteiger partial charge on any atom is -0.375 e. The summed E-state index contributed by atoms with van der Waals surface area (Å²) < 4.78 is 5.87. The van der Waals surface area contributed by atoms with Gasteiger partial charge in [-0.2, -0.15) is 0 Å². The van der Waals surface area contributed by atoms with Gasteiger partial charge in [0.15, 0.2) is 0 Å². The van der Waals surface area contributed by atoms with Gasteiger partial charge in [0.1, 0.15) is 0 Å². The molecule has 1 heterocycles. The van der Waals surface area contributed by atoms with Gasteiger partial charge in [0.25, 0.3) is 0 Å². The molecule has 0 N–H and O–H groups in total. The minimum absolute atomic E-state index is 0.381. The highest BCUT2D eigenvalue weighted by molar-refractivity contribution is 6.31. The van der Waals surface area contributed by atoms with E-state index in [0.717, 1.165) is 24.3 Å². The Morgan fingerprint density at radius 3 is 2.72 bits per heavy atom. The van der Waals surface area contributed by atoms with Crippen LogP contribution in [0.4, 0.5) is 0 Å². The minimum atomic E-state index is 0.381. The van der Waals surface area contributed by atoms with Crippen molar-refractivity contribution in [3.05, 3.63) is 34.9 Å². The summed E-state index contributed by atoms with van der Waals surface area (Å²) in [6, 6.07) is 8.01. The van der Waals surface area contributed by atoms with Gasteiger partial charge in [-0.25, -0.2) is 0 Å². The topological polar surface area (TPSA) is 9.23 Å². The van der Waals surface area contributed by atoms with Crippen molar-refractivity contribution in [3.8, 4) is 0 Å². The molecule has 1 aliphatic rings. The van der Waals surface area contributed by atoms with Crippen LogP contribution in [0.2, 0.25) is 5.02 Å². The fraction of sp³-hybridized carbons (Fsp3) is 0.600. The molecule has 1 aromatic rings. The maximum atomic E-state index is 6.19. The number of hydrogen-bond donors (Lipinski definition) is 0. The number of hydrogen-bond acceptors (Lipinski definition) is 1. The maximum absolute atomic E-state index is 6.19. The molecule has 0 saturated carbocycles. The van der Waals surface area contributed by atoms with Crippen molar-refractivity contribution in [2.24, 2.45) is 5.92 Å². The second-order valence-corrected chi connectivity index (χ2v) is 5.91. The lowest BCUT2D eigenvalue weighted by Gasteiger charge is -2.19. The van der Waals surface area contributed by atoms with E-state index < -0.39 is 0 Å². The molecule has 1 aliphatic heterocycles. The normalized spacial score (nSPS) is 25.3. The van der Waals surface area contributed by atoms with Crippen molar-refractivity contribution in [2.75, 3.05) is 5.88 Å². The zero-order chi connectivity index (χ0) is 13.0. The Morgan fingerprint density at radius 2 is 2.11 bits per heavy atom. The highest BCUT2D eigenvalue weighted by Crippen LogP contribution is 2.28. The molecule has 0 bridgehead atoms. The lowest BCUT2D eigenvalue weighted by Crippen LogP contribution is -2.17. The largest absolute Gasteiger partial charge is 0.375 e. The van der Waals surface area contributed by atoms with E-state index in [1.165, 1.54) is 12.0 Å². The molecular weight excluding hydrogens is 267 g/mol. The van der Waals surface area contributed by atoms with Gasteiger partial charge in [-0.1, -0.05) is 29.8 Å². The first-order chi connectivity index (χ1) is 8.69. The number of alkyl halides is 1. The molecule has 0 spiro atoms. The number of halogens is 2. The van der Waals surface area contributed by atoms with Crippen molar-refractivity contribution in [2.45, 2.75) is 44.8 Å². The molecule has 0 radical (unpaired) electrons. The zero-order valence-electron chi connectivity index (χ0n) is 10.7. The van der Waals surface area contributed by atoms with Crippen LogP contribution in [0.5, 0.6) is 0 Å². The first-order valence-electron chi connectivity index (χ1n) is 6.64. The predicted octanol–water partition coefficient (Wildman–Crippen LogP) is 4.70. The van der Waals surface area contributed by atoms with E-state index >= 15 is 0 Å². The van der Waals surface area contributed by atoms with E-state index in [0.29, 0.717) is 24.0 Å². The average molecular weight is 287 g/mol. The summed E-state index contributed by atoms with van der Waals surface area (Å²) in [7, 11) is 0. The van der Waals surface area contributed by atoms with Crippen LogP contribution in [0.25, 0.3) is 0 Å². The summed E-state index contributed by atoms with van der Waals surface area (Å²) in [4.78, 5) is 0. The molecule has 18 heavy (non-hydrogen) atoms. The summed E-state index contributed by atoms with van der Waals surface area (Å²) in [5.74, 6) is 1.11. The van der Waals surface area contributed by atoms with Gasteiger partial charge in [0.2, 0.25) is 0 Å². The molecule has 1 fully saturated rings. The van der Waals surface area contributed by atoms with E-state index in [4.69, 9.17) is 27.9 Å². The molecule has 0 amide bonds. The molecule has 3 unspecified atom stereocenters. The Bertz CT molecular complexity index is 381. The third kappa shape index (κ3) is 3.88. The van der Waals surface area contributed by atoms with E-state index in [1.54, 1.807) is 0 Å². The van der Waals surface area contributed by atoms with Crippen LogP contribution in [0.3, 0.4) is 0 Å². The molecule has 2 rings (SSSR count). The third-order valence-corrected chi connectivity index (χ3v) is 4.41. The second-order valence-electron chi connectivity index (χ2n) is 5.20. The van der Waals surface area contributed by atoms with Gasteiger partial charge in [0, 0.05) is 10.9 Å². The molecule has 3 atom stereocenters.